The summed E-state index contributed by atoms with van der Waals surface area (Å²) >= 11 is 0. The number of halogens is 1. The maximum atomic E-state index is 13.1. The fourth-order valence-corrected chi connectivity index (χ4v) is 2.41. The number of anilines is 1. The van der Waals surface area contributed by atoms with Crippen LogP contribution in [-0.4, -0.2) is 18.5 Å². The van der Waals surface area contributed by atoms with Gasteiger partial charge in [-0.25, -0.2) is 9.18 Å². The van der Waals surface area contributed by atoms with Crippen molar-refractivity contribution in [2.45, 2.75) is 26.2 Å². The molecular weight excluding hydrogens is 333 g/mol. The van der Waals surface area contributed by atoms with E-state index in [9.17, 15) is 14.0 Å². The van der Waals surface area contributed by atoms with Crippen LogP contribution in [-0.2, 0) is 14.3 Å². The van der Waals surface area contributed by atoms with Crippen molar-refractivity contribution in [3.05, 3.63) is 71.6 Å². The Bertz CT molecular complexity index is 801. The average Bonchev–Trinajstić information content (AvgIpc) is 2.64. The van der Waals surface area contributed by atoms with E-state index in [0.29, 0.717) is 11.5 Å². The van der Waals surface area contributed by atoms with E-state index in [1.165, 1.54) is 18.2 Å². The standard InChI is InChI=1S/C21H22FNO3/c1-3-15(2)18-9-4-5-10-19(18)23-20(24)14-26-21(25)12-11-16-7-6-8-17(22)13-16/h4-13,15H,3,14H2,1-2H3,(H,23,24)/b12-11+/t15-/m0/s1. The molecule has 4 nitrogen and oxygen atoms in total. The second-order valence-electron chi connectivity index (χ2n) is 5.94. The van der Waals surface area contributed by atoms with E-state index < -0.39 is 11.9 Å². The van der Waals surface area contributed by atoms with Gasteiger partial charge in [0.15, 0.2) is 6.61 Å². The van der Waals surface area contributed by atoms with Crippen LogP contribution < -0.4 is 5.32 Å². The minimum Gasteiger partial charge on any atom is -0.452 e. The number of nitrogens with one attached hydrogen (secondary N) is 1. The smallest absolute Gasteiger partial charge is 0.331 e. The summed E-state index contributed by atoms with van der Waals surface area (Å²) in [5.74, 6) is -1.16. The van der Waals surface area contributed by atoms with Crippen LogP contribution in [0.25, 0.3) is 6.08 Å². The highest BCUT2D eigenvalue weighted by atomic mass is 19.1. The first-order chi connectivity index (χ1) is 12.5. The fraction of sp³-hybridized carbons (Fsp3) is 0.238. The zero-order valence-corrected chi connectivity index (χ0v) is 14.9. The van der Waals surface area contributed by atoms with Crippen molar-refractivity contribution in [2.75, 3.05) is 11.9 Å². The van der Waals surface area contributed by atoms with E-state index in [-0.39, 0.29) is 12.4 Å². The zero-order chi connectivity index (χ0) is 18.9. The minimum atomic E-state index is -0.667. The Hall–Kier alpha value is -2.95. The Kier molecular flexibility index (Phi) is 7.09. The van der Waals surface area contributed by atoms with Crippen molar-refractivity contribution in [2.24, 2.45) is 0 Å². The molecule has 136 valence electrons. The van der Waals surface area contributed by atoms with Gasteiger partial charge in [0.25, 0.3) is 5.91 Å². The van der Waals surface area contributed by atoms with Crippen LogP contribution in [0.1, 0.15) is 37.3 Å². The van der Waals surface area contributed by atoms with E-state index in [2.05, 4.69) is 19.2 Å². The number of benzene rings is 2. The molecule has 1 atom stereocenters. The molecule has 2 aromatic rings. The summed E-state index contributed by atoms with van der Waals surface area (Å²) in [6, 6.07) is 13.4. The topological polar surface area (TPSA) is 55.4 Å². The van der Waals surface area contributed by atoms with E-state index in [0.717, 1.165) is 23.7 Å². The molecule has 0 aliphatic heterocycles. The van der Waals surface area contributed by atoms with Crippen molar-refractivity contribution in [3.8, 4) is 0 Å². The monoisotopic (exact) mass is 355 g/mol. The second kappa shape index (κ2) is 9.51. The summed E-state index contributed by atoms with van der Waals surface area (Å²) in [5, 5.41) is 2.77. The summed E-state index contributed by atoms with van der Waals surface area (Å²) in [5.41, 5.74) is 2.30. The second-order valence-corrected chi connectivity index (χ2v) is 5.94. The fourth-order valence-electron chi connectivity index (χ4n) is 2.41. The van der Waals surface area contributed by atoms with Gasteiger partial charge in [0.05, 0.1) is 0 Å². The molecular formula is C21H22FNO3. The quantitative estimate of drug-likeness (QED) is 0.586. The van der Waals surface area contributed by atoms with Gasteiger partial charge in [-0.3, -0.25) is 4.79 Å². The molecule has 5 heteroatoms. The first-order valence-corrected chi connectivity index (χ1v) is 8.48. The number of hydrogen-bond acceptors (Lipinski definition) is 3. The number of ether oxygens (including phenoxy) is 1. The van der Waals surface area contributed by atoms with Crippen LogP contribution in [0, 0.1) is 5.82 Å². The number of esters is 1. The molecule has 0 fully saturated rings. The molecule has 2 aromatic carbocycles. The maximum Gasteiger partial charge on any atom is 0.331 e. The van der Waals surface area contributed by atoms with Gasteiger partial charge in [-0.05, 0) is 47.7 Å². The van der Waals surface area contributed by atoms with Gasteiger partial charge in [0.1, 0.15) is 5.82 Å². The van der Waals surface area contributed by atoms with E-state index >= 15 is 0 Å². The van der Waals surface area contributed by atoms with Crippen molar-refractivity contribution < 1.29 is 18.7 Å². The number of carbonyl (C=O) groups is 2. The minimum absolute atomic E-state index is 0.309. The summed E-state index contributed by atoms with van der Waals surface area (Å²) in [4.78, 5) is 23.7. The van der Waals surface area contributed by atoms with Crippen molar-refractivity contribution in [1.29, 1.82) is 0 Å². The van der Waals surface area contributed by atoms with Gasteiger partial charge in [0, 0.05) is 11.8 Å². The highest BCUT2D eigenvalue weighted by Crippen LogP contribution is 2.26. The molecule has 0 aliphatic carbocycles. The molecule has 1 N–H and O–H groups in total. The molecule has 2 rings (SSSR count). The third kappa shape index (κ3) is 5.84. The summed E-state index contributed by atoms with van der Waals surface area (Å²) in [6.45, 7) is 3.78. The lowest BCUT2D eigenvalue weighted by molar-refractivity contribution is -0.142. The summed E-state index contributed by atoms with van der Waals surface area (Å²) in [6.07, 6.45) is 3.55. The number of carbonyl (C=O) groups excluding carboxylic acids is 2. The molecule has 0 aliphatic rings. The van der Waals surface area contributed by atoms with Crippen LogP contribution in [0.3, 0.4) is 0 Å². The van der Waals surface area contributed by atoms with Gasteiger partial charge in [-0.15, -0.1) is 0 Å². The van der Waals surface area contributed by atoms with Crippen LogP contribution in [0.15, 0.2) is 54.6 Å². The van der Waals surface area contributed by atoms with Crippen LogP contribution in [0.5, 0.6) is 0 Å². The first-order valence-electron chi connectivity index (χ1n) is 8.48. The van der Waals surface area contributed by atoms with Gasteiger partial charge >= 0.3 is 5.97 Å². The Morgan fingerprint density at radius 2 is 1.96 bits per heavy atom. The SMILES string of the molecule is CC[C@H](C)c1ccccc1NC(=O)COC(=O)/C=C/c1cccc(F)c1. The molecule has 0 heterocycles. The zero-order valence-electron chi connectivity index (χ0n) is 14.9. The van der Waals surface area contributed by atoms with Crippen LogP contribution in [0.4, 0.5) is 10.1 Å². The average molecular weight is 355 g/mol. The number of amides is 1. The third-order valence-corrected chi connectivity index (χ3v) is 3.98. The first kappa shape index (κ1) is 19.4. The predicted octanol–water partition coefficient (Wildman–Crippen LogP) is 4.53. The Morgan fingerprint density at radius 1 is 1.19 bits per heavy atom. The Balaban J connectivity index is 1.88. The van der Waals surface area contributed by atoms with E-state index in [4.69, 9.17) is 4.74 Å². The summed E-state index contributed by atoms with van der Waals surface area (Å²) in [7, 11) is 0. The lowest BCUT2D eigenvalue weighted by atomic mass is 9.97. The van der Waals surface area contributed by atoms with E-state index in [1.807, 2.05) is 24.3 Å². The molecule has 1 amide bonds. The molecule has 0 saturated heterocycles. The molecule has 0 bridgehead atoms. The van der Waals surface area contributed by atoms with Gasteiger partial charge in [0.2, 0.25) is 0 Å². The third-order valence-electron chi connectivity index (χ3n) is 3.98. The predicted molar refractivity (Wildman–Crippen MR) is 100 cm³/mol. The lowest BCUT2D eigenvalue weighted by Crippen LogP contribution is -2.21. The largest absolute Gasteiger partial charge is 0.452 e. The van der Waals surface area contributed by atoms with Gasteiger partial charge in [-0.2, -0.15) is 0 Å². The Labute approximate surface area is 152 Å². The molecule has 0 aromatic heterocycles. The molecule has 26 heavy (non-hydrogen) atoms. The molecule has 0 spiro atoms. The highest BCUT2D eigenvalue weighted by molar-refractivity contribution is 5.95. The van der Waals surface area contributed by atoms with Crippen molar-refractivity contribution in [3.63, 3.8) is 0 Å². The van der Waals surface area contributed by atoms with Crippen molar-refractivity contribution in [1.82, 2.24) is 0 Å². The number of para-hydroxylation sites is 1. The van der Waals surface area contributed by atoms with Crippen molar-refractivity contribution >= 4 is 23.6 Å². The van der Waals surface area contributed by atoms with Gasteiger partial charge < -0.3 is 10.1 Å². The normalized spacial score (nSPS) is 12.0. The maximum absolute atomic E-state index is 13.1. The number of rotatable bonds is 7. The molecule has 0 radical (unpaired) electrons. The molecule has 0 unspecified atom stereocenters. The molecule has 0 saturated carbocycles. The Morgan fingerprint density at radius 3 is 2.69 bits per heavy atom. The van der Waals surface area contributed by atoms with Gasteiger partial charge in [-0.1, -0.05) is 44.2 Å². The van der Waals surface area contributed by atoms with Crippen LogP contribution in [0.2, 0.25) is 0 Å². The number of hydrogen-bond donors (Lipinski definition) is 1. The summed E-state index contributed by atoms with van der Waals surface area (Å²) < 4.78 is 18.0. The van der Waals surface area contributed by atoms with Crippen LogP contribution >= 0.6 is 0 Å². The highest BCUT2D eigenvalue weighted by Gasteiger charge is 2.12. The lowest BCUT2D eigenvalue weighted by Gasteiger charge is -2.15. The van der Waals surface area contributed by atoms with E-state index in [1.54, 1.807) is 12.1 Å².